The summed E-state index contributed by atoms with van der Waals surface area (Å²) in [6.45, 7) is 8.29. The van der Waals surface area contributed by atoms with Gasteiger partial charge in [0.05, 0.1) is 37.9 Å². The Bertz CT molecular complexity index is 1750. The van der Waals surface area contributed by atoms with Crippen molar-refractivity contribution in [2.24, 2.45) is 0 Å². The molecule has 3 rings (SSSR count). The first kappa shape index (κ1) is 58.0. The Balaban J connectivity index is 0.000000481. The largest absolute Gasteiger partial charge is 0.494 e. The molecule has 3 aromatic rings. The highest BCUT2D eigenvalue weighted by atomic mass is 35.5. The van der Waals surface area contributed by atoms with Crippen LogP contribution in [0.1, 0.15) is 69.1 Å². The van der Waals surface area contributed by atoms with Gasteiger partial charge in [-0.3, -0.25) is 14.4 Å². The molecule has 16 heteroatoms. The highest BCUT2D eigenvalue weighted by molar-refractivity contribution is 7.99. The van der Waals surface area contributed by atoms with Crippen LogP contribution in [0.4, 0.5) is 13.2 Å². The SMILES string of the molecule is CCCCOc1cccc(CCNCC(=O)N(C)C)c1Cl.CCCCSc1cccc(CCNCC(=O)N(C)C)c1.CN(C)C(=O)CNCCc1cccc(OCCCC(F)(F)F)c1. The molecular weight excluding hydrogens is 865 g/mol. The zero-order chi connectivity index (χ0) is 47.8. The smallest absolute Gasteiger partial charge is 0.389 e. The second-order valence-electron chi connectivity index (χ2n) is 15.6. The quantitative estimate of drug-likeness (QED) is 0.0515. The second kappa shape index (κ2) is 34.3. The summed E-state index contributed by atoms with van der Waals surface area (Å²) in [5.74, 6) is 2.69. The highest BCUT2D eigenvalue weighted by Crippen LogP contribution is 2.28. The molecule has 0 aromatic heterocycles. The van der Waals surface area contributed by atoms with Gasteiger partial charge in [-0.15, -0.1) is 11.8 Å². The number of alkyl halides is 3. The van der Waals surface area contributed by atoms with Crippen molar-refractivity contribution in [3.63, 3.8) is 0 Å². The third kappa shape index (κ3) is 28.7. The van der Waals surface area contributed by atoms with E-state index in [1.165, 1.54) is 34.0 Å². The van der Waals surface area contributed by atoms with Crippen molar-refractivity contribution in [3.05, 3.63) is 88.4 Å². The number of benzene rings is 3. The minimum absolute atomic E-state index is 0.00625. The van der Waals surface area contributed by atoms with E-state index >= 15 is 0 Å². The molecule has 0 bridgehead atoms. The molecule has 0 aliphatic carbocycles. The summed E-state index contributed by atoms with van der Waals surface area (Å²) in [6, 6.07) is 21.8. The third-order valence-corrected chi connectivity index (χ3v) is 10.8. The zero-order valence-electron chi connectivity index (χ0n) is 39.4. The number of unbranched alkanes of at least 4 members (excludes halogenated alkanes) is 2. The van der Waals surface area contributed by atoms with Crippen LogP contribution in [-0.4, -0.2) is 139 Å². The van der Waals surface area contributed by atoms with Gasteiger partial charge in [0.25, 0.3) is 0 Å². The maximum atomic E-state index is 12.0. The van der Waals surface area contributed by atoms with Crippen molar-refractivity contribution < 1.29 is 37.0 Å². The Labute approximate surface area is 390 Å². The van der Waals surface area contributed by atoms with E-state index in [-0.39, 0.29) is 37.3 Å². The van der Waals surface area contributed by atoms with E-state index in [1.807, 2.05) is 42.1 Å². The molecule has 0 saturated heterocycles. The predicted molar refractivity (Wildman–Crippen MR) is 257 cm³/mol. The first-order valence-electron chi connectivity index (χ1n) is 22.1. The fourth-order valence-electron chi connectivity index (χ4n) is 5.31. The van der Waals surface area contributed by atoms with E-state index in [0.717, 1.165) is 49.1 Å². The lowest BCUT2D eigenvalue weighted by Gasteiger charge is -2.13. The molecule has 0 spiro atoms. The molecule has 0 radical (unpaired) electrons. The number of thioether (sulfide) groups is 1. The van der Waals surface area contributed by atoms with Crippen molar-refractivity contribution in [2.75, 3.05) is 101 Å². The average Bonchev–Trinajstić information content (AvgIpc) is 3.25. The minimum atomic E-state index is -4.14. The first-order valence-corrected chi connectivity index (χ1v) is 23.5. The van der Waals surface area contributed by atoms with Crippen LogP contribution in [0.3, 0.4) is 0 Å². The van der Waals surface area contributed by atoms with Gasteiger partial charge in [-0.2, -0.15) is 13.2 Å². The number of hydrogen-bond acceptors (Lipinski definition) is 9. The number of amides is 3. The van der Waals surface area contributed by atoms with Crippen LogP contribution in [0.2, 0.25) is 5.02 Å². The average molecular weight is 940 g/mol. The van der Waals surface area contributed by atoms with Crippen LogP contribution in [0.25, 0.3) is 0 Å². The van der Waals surface area contributed by atoms with Crippen LogP contribution in [-0.2, 0) is 33.6 Å². The summed E-state index contributed by atoms with van der Waals surface area (Å²) < 4.78 is 47.1. The Morgan fingerprint density at radius 1 is 0.641 bits per heavy atom. The molecule has 3 aromatic carbocycles. The summed E-state index contributed by atoms with van der Waals surface area (Å²) in [5.41, 5.74) is 3.37. The topological polar surface area (TPSA) is 115 Å². The van der Waals surface area contributed by atoms with Crippen molar-refractivity contribution in [3.8, 4) is 11.5 Å². The lowest BCUT2D eigenvalue weighted by Crippen LogP contribution is -2.33. The molecule has 3 N–H and O–H groups in total. The number of carbonyl (C=O) groups excluding carboxylic acids is 3. The number of carbonyl (C=O) groups is 3. The van der Waals surface area contributed by atoms with Gasteiger partial charge >= 0.3 is 6.18 Å². The second-order valence-corrected chi connectivity index (χ2v) is 17.2. The predicted octanol–water partition coefficient (Wildman–Crippen LogP) is 8.17. The van der Waals surface area contributed by atoms with Gasteiger partial charge in [-0.05, 0) is 111 Å². The number of halogens is 4. The fourth-order valence-corrected chi connectivity index (χ4v) is 6.67. The number of rotatable bonds is 27. The molecule has 0 unspecified atom stereocenters. The van der Waals surface area contributed by atoms with E-state index < -0.39 is 12.6 Å². The summed E-state index contributed by atoms with van der Waals surface area (Å²) in [6.07, 6.45) is 2.04. The van der Waals surface area contributed by atoms with E-state index in [2.05, 4.69) is 54.1 Å². The molecule has 0 saturated carbocycles. The summed E-state index contributed by atoms with van der Waals surface area (Å²) in [4.78, 5) is 40.3. The van der Waals surface area contributed by atoms with E-state index in [9.17, 15) is 27.6 Å². The van der Waals surface area contributed by atoms with Gasteiger partial charge in [-0.1, -0.05) is 74.7 Å². The molecule has 0 aliphatic rings. The van der Waals surface area contributed by atoms with Crippen LogP contribution in [0.15, 0.2) is 71.6 Å². The van der Waals surface area contributed by atoms with Crippen molar-refractivity contribution in [1.82, 2.24) is 30.7 Å². The molecule has 0 atom stereocenters. The monoisotopic (exact) mass is 939 g/mol. The van der Waals surface area contributed by atoms with E-state index in [4.69, 9.17) is 21.1 Å². The van der Waals surface area contributed by atoms with Gasteiger partial charge < -0.3 is 40.1 Å². The number of nitrogens with one attached hydrogen (secondary N) is 3. The molecule has 3 amide bonds. The lowest BCUT2D eigenvalue weighted by atomic mass is 10.1. The highest BCUT2D eigenvalue weighted by Gasteiger charge is 2.26. The number of likely N-dealkylation sites (N-methyl/N-ethyl adjacent to an activating group) is 3. The summed E-state index contributed by atoms with van der Waals surface area (Å²) in [5, 5.41) is 10.0. The Kier molecular flexibility index (Phi) is 31.1. The summed E-state index contributed by atoms with van der Waals surface area (Å²) in [7, 11) is 10.4. The van der Waals surface area contributed by atoms with Crippen molar-refractivity contribution in [1.29, 1.82) is 0 Å². The Morgan fingerprint density at radius 3 is 1.67 bits per heavy atom. The Hall–Kier alpha value is -4.02. The van der Waals surface area contributed by atoms with Crippen LogP contribution >= 0.6 is 23.4 Å². The fraction of sp³-hybridized carbons (Fsp3) is 0.562. The van der Waals surface area contributed by atoms with Gasteiger partial charge in [0.1, 0.15) is 11.5 Å². The van der Waals surface area contributed by atoms with Crippen LogP contribution in [0, 0.1) is 0 Å². The van der Waals surface area contributed by atoms with Crippen molar-refractivity contribution >= 4 is 41.1 Å². The van der Waals surface area contributed by atoms with Crippen LogP contribution in [0.5, 0.6) is 11.5 Å². The third-order valence-electron chi connectivity index (χ3n) is 9.31. The number of ether oxygens (including phenoxy) is 2. The van der Waals surface area contributed by atoms with E-state index in [0.29, 0.717) is 50.0 Å². The molecular formula is C48H74ClF3N6O5S. The van der Waals surface area contributed by atoms with Gasteiger partial charge in [0.2, 0.25) is 17.7 Å². The van der Waals surface area contributed by atoms with Gasteiger partial charge in [0, 0.05) is 53.6 Å². The maximum Gasteiger partial charge on any atom is 0.389 e. The molecule has 360 valence electrons. The molecule has 11 nitrogen and oxygen atoms in total. The van der Waals surface area contributed by atoms with Crippen molar-refractivity contribution in [2.45, 2.75) is 82.7 Å². The normalized spacial score (nSPS) is 10.8. The molecule has 0 heterocycles. The minimum Gasteiger partial charge on any atom is -0.494 e. The standard InChI is InChI=1S/C16H25ClN2O2.C16H23F3N2O2.C16H26N2OS/c1-4-5-11-21-14-8-6-7-13(16(14)17)9-10-18-12-15(20)19(2)3;1-21(2)15(22)12-20-9-7-13-5-3-6-14(11-13)23-10-4-8-16(17,18)19;1-4-5-11-20-15-8-6-7-14(12-15)9-10-17-13-16(19)18(2)3/h6-8,18H,4-5,9-12H2,1-3H3;3,5-6,11,20H,4,7-10,12H2,1-2H3;6-8,12,17H,4-5,9-11,13H2,1-3H3. The molecule has 0 fully saturated rings. The number of nitrogens with zero attached hydrogens (tertiary/aromatic N) is 3. The van der Waals surface area contributed by atoms with Crippen LogP contribution < -0.4 is 25.4 Å². The van der Waals surface area contributed by atoms with Gasteiger partial charge in [-0.25, -0.2) is 0 Å². The maximum absolute atomic E-state index is 12.0. The first-order chi connectivity index (χ1) is 30.5. The zero-order valence-corrected chi connectivity index (χ0v) is 41.0. The van der Waals surface area contributed by atoms with Gasteiger partial charge in [0.15, 0.2) is 0 Å². The Morgan fingerprint density at radius 2 is 1.14 bits per heavy atom. The van der Waals surface area contributed by atoms with E-state index in [1.54, 1.807) is 64.2 Å². The molecule has 64 heavy (non-hydrogen) atoms. The summed E-state index contributed by atoms with van der Waals surface area (Å²) >= 11 is 8.28. The lowest BCUT2D eigenvalue weighted by molar-refractivity contribution is -0.136. The molecule has 0 aliphatic heterocycles. The number of hydrogen-bond donors (Lipinski definition) is 3.